The first-order chi connectivity index (χ1) is 11.2. The van der Waals surface area contributed by atoms with Gasteiger partial charge in [0.1, 0.15) is 5.75 Å². The molecule has 0 aliphatic rings. The van der Waals surface area contributed by atoms with E-state index in [2.05, 4.69) is 12.2 Å². The molecule has 0 saturated carbocycles. The van der Waals surface area contributed by atoms with Crippen molar-refractivity contribution in [3.8, 4) is 5.75 Å². The monoisotopic (exact) mass is 309 g/mol. The lowest BCUT2D eigenvalue weighted by Gasteiger charge is -2.12. The standard InChI is InChI=1S/C20H23NO2/c1-3-15-23-19-12-8-7-11-18(19)13-14-20(22)21-16(2)17-9-5-4-6-10-17/h4-14,16H,3,15H2,1-2H3,(H,21,22)/b14-13+. The smallest absolute Gasteiger partial charge is 0.244 e. The molecule has 1 atom stereocenters. The van der Waals surface area contributed by atoms with E-state index in [0.717, 1.165) is 23.3 Å². The lowest BCUT2D eigenvalue weighted by atomic mass is 10.1. The fraction of sp³-hybridized carbons (Fsp3) is 0.250. The van der Waals surface area contributed by atoms with E-state index < -0.39 is 0 Å². The summed E-state index contributed by atoms with van der Waals surface area (Å²) in [6, 6.07) is 17.6. The van der Waals surface area contributed by atoms with Crippen LogP contribution in [0.4, 0.5) is 0 Å². The topological polar surface area (TPSA) is 38.3 Å². The van der Waals surface area contributed by atoms with Crippen LogP contribution < -0.4 is 10.1 Å². The zero-order valence-electron chi connectivity index (χ0n) is 13.7. The summed E-state index contributed by atoms with van der Waals surface area (Å²) in [6.45, 7) is 4.71. The number of ether oxygens (including phenoxy) is 1. The van der Waals surface area contributed by atoms with E-state index in [-0.39, 0.29) is 11.9 Å². The second-order valence-corrected chi connectivity index (χ2v) is 5.36. The molecule has 0 aliphatic carbocycles. The van der Waals surface area contributed by atoms with E-state index in [0.29, 0.717) is 6.61 Å². The molecule has 23 heavy (non-hydrogen) atoms. The maximum atomic E-state index is 12.1. The zero-order valence-corrected chi connectivity index (χ0v) is 13.7. The molecule has 0 heterocycles. The van der Waals surface area contributed by atoms with Gasteiger partial charge in [0.05, 0.1) is 12.6 Å². The number of carbonyl (C=O) groups is 1. The Morgan fingerprint density at radius 2 is 1.83 bits per heavy atom. The molecule has 0 fully saturated rings. The summed E-state index contributed by atoms with van der Waals surface area (Å²) >= 11 is 0. The van der Waals surface area contributed by atoms with E-state index in [9.17, 15) is 4.79 Å². The Morgan fingerprint density at radius 3 is 2.57 bits per heavy atom. The molecule has 0 radical (unpaired) electrons. The lowest BCUT2D eigenvalue weighted by Crippen LogP contribution is -2.24. The molecule has 0 spiro atoms. The van der Waals surface area contributed by atoms with Crippen LogP contribution in [0.5, 0.6) is 5.75 Å². The summed E-state index contributed by atoms with van der Waals surface area (Å²) in [5.74, 6) is 0.682. The summed E-state index contributed by atoms with van der Waals surface area (Å²) in [4.78, 5) is 12.1. The van der Waals surface area contributed by atoms with Gasteiger partial charge in [-0.2, -0.15) is 0 Å². The van der Waals surface area contributed by atoms with Gasteiger partial charge in [-0.3, -0.25) is 4.79 Å². The Balaban J connectivity index is 1.98. The average molecular weight is 309 g/mol. The molecule has 3 heteroatoms. The van der Waals surface area contributed by atoms with Crippen LogP contribution in [0.3, 0.4) is 0 Å². The molecule has 1 amide bonds. The van der Waals surface area contributed by atoms with Gasteiger partial charge in [-0.05, 0) is 31.1 Å². The number of rotatable bonds is 7. The third-order valence-electron chi connectivity index (χ3n) is 3.45. The summed E-state index contributed by atoms with van der Waals surface area (Å²) in [5.41, 5.74) is 1.99. The molecular weight excluding hydrogens is 286 g/mol. The molecule has 0 bridgehead atoms. The largest absolute Gasteiger partial charge is 0.493 e. The van der Waals surface area contributed by atoms with Crippen LogP contribution in [0.1, 0.15) is 37.4 Å². The van der Waals surface area contributed by atoms with Crippen LogP contribution in [-0.4, -0.2) is 12.5 Å². The van der Waals surface area contributed by atoms with Crippen molar-refractivity contribution in [2.24, 2.45) is 0 Å². The molecule has 2 aromatic rings. The highest BCUT2D eigenvalue weighted by atomic mass is 16.5. The Labute approximate surface area is 138 Å². The number of para-hydroxylation sites is 1. The predicted octanol–water partition coefficient (Wildman–Crippen LogP) is 4.37. The first-order valence-corrected chi connectivity index (χ1v) is 7.96. The number of hydrogen-bond acceptors (Lipinski definition) is 2. The molecule has 3 nitrogen and oxygen atoms in total. The van der Waals surface area contributed by atoms with Crippen LogP contribution in [0, 0.1) is 0 Å². The first kappa shape index (κ1) is 16.8. The highest BCUT2D eigenvalue weighted by molar-refractivity contribution is 5.92. The quantitative estimate of drug-likeness (QED) is 0.771. The van der Waals surface area contributed by atoms with E-state index in [4.69, 9.17) is 4.74 Å². The highest BCUT2D eigenvalue weighted by Crippen LogP contribution is 2.19. The van der Waals surface area contributed by atoms with Gasteiger partial charge >= 0.3 is 0 Å². The summed E-state index contributed by atoms with van der Waals surface area (Å²) < 4.78 is 5.69. The van der Waals surface area contributed by atoms with Gasteiger partial charge in [0, 0.05) is 11.6 Å². The van der Waals surface area contributed by atoms with Crippen LogP contribution in [0.15, 0.2) is 60.7 Å². The Bertz CT molecular complexity index is 650. The van der Waals surface area contributed by atoms with Gasteiger partial charge in [0.2, 0.25) is 5.91 Å². The fourth-order valence-electron chi connectivity index (χ4n) is 2.21. The number of carbonyl (C=O) groups excluding carboxylic acids is 1. The Hall–Kier alpha value is -2.55. The Kier molecular flexibility index (Phi) is 6.42. The van der Waals surface area contributed by atoms with Gasteiger partial charge in [0.15, 0.2) is 0 Å². The van der Waals surface area contributed by atoms with Crippen molar-refractivity contribution in [3.63, 3.8) is 0 Å². The van der Waals surface area contributed by atoms with E-state index >= 15 is 0 Å². The number of nitrogens with one attached hydrogen (secondary N) is 1. The molecule has 0 aliphatic heterocycles. The van der Waals surface area contributed by atoms with Gasteiger partial charge in [-0.15, -0.1) is 0 Å². The molecule has 1 unspecified atom stereocenters. The second kappa shape index (κ2) is 8.79. The maximum absolute atomic E-state index is 12.1. The Morgan fingerprint density at radius 1 is 1.13 bits per heavy atom. The van der Waals surface area contributed by atoms with E-state index in [1.165, 1.54) is 0 Å². The molecule has 0 saturated heterocycles. The van der Waals surface area contributed by atoms with Gasteiger partial charge in [-0.1, -0.05) is 55.5 Å². The van der Waals surface area contributed by atoms with Crippen molar-refractivity contribution >= 4 is 12.0 Å². The van der Waals surface area contributed by atoms with Gasteiger partial charge < -0.3 is 10.1 Å². The minimum atomic E-state index is -0.119. The van der Waals surface area contributed by atoms with Gasteiger partial charge in [0.25, 0.3) is 0 Å². The summed E-state index contributed by atoms with van der Waals surface area (Å²) in [7, 11) is 0. The van der Waals surface area contributed by atoms with Crippen molar-refractivity contribution in [1.82, 2.24) is 5.32 Å². The second-order valence-electron chi connectivity index (χ2n) is 5.36. The highest BCUT2D eigenvalue weighted by Gasteiger charge is 2.07. The first-order valence-electron chi connectivity index (χ1n) is 7.96. The zero-order chi connectivity index (χ0) is 16.5. The van der Waals surface area contributed by atoms with E-state index in [1.54, 1.807) is 12.2 Å². The van der Waals surface area contributed by atoms with Crippen molar-refractivity contribution in [3.05, 3.63) is 71.8 Å². The number of benzene rings is 2. The number of amides is 1. The van der Waals surface area contributed by atoms with Gasteiger partial charge in [-0.25, -0.2) is 0 Å². The normalized spacial score (nSPS) is 12.1. The molecular formula is C20H23NO2. The fourth-order valence-corrected chi connectivity index (χ4v) is 2.21. The van der Waals surface area contributed by atoms with Crippen LogP contribution in [0.2, 0.25) is 0 Å². The molecule has 0 aromatic heterocycles. The molecule has 2 rings (SSSR count). The lowest BCUT2D eigenvalue weighted by molar-refractivity contribution is -0.117. The van der Waals surface area contributed by atoms with Crippen molar-refractivity contribution in [2.45, 2.75) is 26.3 Å². The summed E-state index contributed by atoms with van der Waals surface area (Å²) in [6.07, 6.45) is 4.29. The molecule has 120 valence electrons. The maximum Gasteiger partial charge on any atom is 0.244 e. The summed E-state index contributed by atoms with van der Waals surface area (Å²) in [5, 5.41) is 2.96. The van der Waals surface area contributed by atoms with Crippen molar-refractivity contribution in [2.75, 3.05) is 6.61 Å². The van der Waals surface area contributed by atoms with Crippen LogP contribution >= 0.6 is 0 Å². The van der Waals surface area contributed by atoms with Crippen LogP contribution in [-0.2, 0) is 4.79 Å². The average Bonchev–Trinajstić information content (AvgIpc) is 2.59. The third-order valence-corrected chi connectivity index (χ3v) is 3.45. The van der Waals surface area contributed by atoms with E-state index in [1.807, 2.05) is 61.5 Å². The van der Waals surface area contributed by atoms with Crippen LogP contribution in [0.25, 0.3) is 6.08 Å². The minimum absolute atomic E-state index is 0.0278. The number of hydrogen-bond donors (Lipinski definition) is 1. The van der Waals surface area contributed by atoms with Crippen molar-refractivity contribution in [1.29, 1.82) is 0 Å². The minimum Gasteiger partial charge on any atom is -0.493 e. The molecule has 2 aromatic carbocycles. The molecule has 1 N–H and O–H groups in total. The van der Waals surface area contributed by atoms with Crippen molar-refractivity contribution < 1.29 is 9.53 Å². The predicted molar refractivity (Wildman–Crippen MR) is 94.3 cm³/mol. The third kappa shape index (κ3) is 5.29. The SMILES string of the molecule is CCCOc1ccccc1/C=C/C(=O)NC(C)c1ccccc1.